The van der Waals surface area contributed by atoms with Gasteiger partial charge in [0, 0.05) is 6.42 Å². The van der Waals surface area contributed by atoms with Crippen LogP contribution in [-0.2, 0) is 19.2 Å². The van der Waals surface area contributed by atoms with Crippen LogP contribution in [0.25, 0.3) is 0 Å². The zero-order valence-corrected chi connectivity index (χ0v) is 16.2. The van der Waals surface area contributed by atoms with Crippen LogP contribution >= 0.6 is 0 Å². The van der Waals surface area contributed by atoms with Crippen LogP contribution in [0.4, 0.5) is 0 Å². The fraction of sp³-hybridized carbons (Fsp3) is 0.765. The average molecular weight is 402 g/mol. The van der Waals surface area contributed by atoms with Gasteiger partial charge in [-0.15, -0.1) is 0 Å². The van der Waals surface area contributed by atoms with Crippen molar-refractivity contribution in [1.82, 2.24) is 10.6 Å². The quantitative estimate of drug-likeness (QED) is 0.141. The molecule has 0 aliphatic rings. The second-order valence-electron chi connectivity index (χ2n) is 6.64. The van der Waals surface area contributed by atoms with E-state index in [4.69, 9.17) is 22.9 Å². The van der Waals surface area contributed by atoms with Gasteiger partial charge in [0.15, 0.2) is 0 Å². The molecule has 0 aromatic carbocycles. The molecule has 11 nitrogen and oxygen atoms in total. The number of nitrogens with one attached hydrogen (secondary N) is 2. The number of amides is 3. The van der Waals surface area contributed by atoms with Crippen LogP contribution in [0.1, 0.15) is 51.4 Å². The summed E-state index contributed by atoms with van der Waals surface area (Å²) >= 11 is 0. The minimum absolute atomic E-state index is 0.140. The lowest BCUT2D eigenvalue weighted by molar-refractivity contribution is -0.142. The molecule has 0 heterocycles. The maximum absolute atomic E-state index is 12.5. The zero-order valence-electron chi connectivity index (χ0n) is 16.2. The first-order valence-corrected chi connectivity index (χ1v) is 9.50. The molecule has 0 fully saturated rings. The van der Waals surface area contributed by atoms with Gasteiger partial charge in [0.05, 0.1) is 6.04 Å². The Bertz CT molecular complexity index is 516. The maximum atomic E-state index is 12.5. The Morgan fingerprint density at radius 3 is 1.82 bits per heavy atom. The largest absolute Gasteiger partial charge is 0.480 e. The standard InChI is InChI=1S/C17H34N6O5/c18-9-3-1-5-11(20)15(25)22-12(6-2-4-10-19)16(26)23-13(17(27)28)7-8-14(21)24/h11-13H,1-10,18-20H2,(H2,21,24)(H,22,25)(H,23,26)(H,27,28). The van der Waals surface area contributed by atoms with Crippen LogP contribution in [0, 0.1) is 0 Å². The Hall–Kier alpha value is -2.24. The van der Waals surface area contributed by atoms with E-state index in [0.29, 0.717) is 38.8 Å². The van der Waals surface area contributed by atoms with Crippen molar-refractivity contribution < 1.29 is 24.3 Å². The highest BCUT2D eigenvalue weighted by Crippen LogP contribution is 2.06. The van der Waals surface area contributed by atoms with Crippen LogP contribution in [-0.4, -0.2) is 60.0 Å². The summed E-state index contributed by atoms with van der Waals surface area (Å²) in [6.07, 6.45) is 3.02. The van der Waals surface area contributed by atoms with Crippen molar-refractivity contribution in [2.24, 2.45) is 22.9 Å². The van der Waals surface area contributed by atoms with Gasteiger partial charge in [-0.05, 0) is 51.6 Å². The zero-order chi connectivity index (χ0) is 21.5. The van der Waals surface area contributed by atoms with Crippen LogP contribution in [0.5, 0.6) is 0 Å². The van der Waals surface area contributed by atoms with Gasteiger partial charge in [0.25, 0.3) is 0 Å². The molecule has 0 aromatic rings. The van der Waals surface area contributed by atoms with E-state index in [9.17, 15) is 24.3 Å². The number of carbonyl (C=O) groups excluding carboxylic acids is 3. The molecule has 162 valence electrons. The molecule has 28 heavy (non-hydrogen) atoms. The highest BCUT2D eigenvalue weighted by molar-refractivity contribution is 5.91. The number of nitrogens with two attached hydrogens (primary N) is 4. The van der Waals surface area contributed by atoms with Gasteiger partial charge in [0.2, 0.25) is 17.7 Å². The van der Waals surface area contributed by atoms with Crippen molar-refractivity contribution >= 4 is 23.7 Å². The first-order chi connectivity index (χ1) is 13.2. The number of rotatable bonds is 16. The predicted octanol–water partition coefficient (Wildman–Crippen LogP) is -2.11. The number of carboxylic acid groups (broad SMARTS) is 1. The highest BCUT2D eigenvalue weighted by atomic mass is 16.4. The molecule has 11 heteroatoms. The number of hydrogen-bond acceptors (Lipinski definition) is 7. The lowest BCUT2D eigenvalue weighted by Gasteiger charge is -2.23. The topological polar surface area (TPSA) is 217 Å². The molecule has 3 amide bonds. The molecule has 0 rings (SSSR count). The fourth-order valence-electron chi connectivity index (χ4n) is 2.50. The average Bonchev–Trinajstić information content (AvgIpc) is 2.63. The van der Waals surface area contributed by atoms with Gasteiger partial charge in [-0.2, -0.15) is 0 Å². The van der Waals surface area contributed by atoms with E-state index in [1.54, 1.807) is 0 Å². The fourth-order valence-corrected chi connectivity index (χ4v) is 2.50. The van der Waals surface area contributed by atoms with Crippen molar-refractivity contribution in [2.75, 3.05) is 13.1 Å². The van der Waals surface area contributed by atoms with Gasteiger partial charge in [0.1, 0.15) is 12.1 Å². The lowest BCUT2D eigenvalue weighted by Crippen LogP contribution is -2.54. The Kier molecular flexibility index (Phi) is 13.6. The number of hydrogen-bond donors (Lipinski definition) is 7. The van der Waals surface area contributed by atoms with E-state index in [2.05, 4.69) is 10.6 Å². The SMILES string of the molecule is NCCCCC(N)C(=O)NC(CCCCN)C(=O)NC(CCC(N)=O)C(=O)O. The van der Waals surface area contributed by atoms with Gasteiger partial charge in [-0.25, -0.2) is 4.79 Å². The minimum atomic E-state index is -1.29. The summed E-state index contributed by atoms with van der Waals surface area (Å²) in [5, 5.41) is 14.1. The molecule has 0 spiro atoms. The van der Waals surface area contributed by atoms with Crippen molar-refractivity contribution in [1.29, 1.82) is 0 Å². The van der Waals surface area contributed by atoms with E-state index in [1.807, 2.05) is 0 Å². The number of carbonyl (C=O) groups is 4. The number of aliphatic carboxylic acids is 1. The molecule has 0 radical (unpaired) electrons. The first kappa shape index (κ1) is 25.8. The normalized spacial score (nSPS) is 14.0. The number of primary amides is 1. The third-order valence-electron chi connectivity index (χ3n) is 4.18. The van der Waals surface area contributed by atoms with Crippen molar-refractivity contribution in [3.63, 3.8) is 0 Å². The van der Waals surface area contributed by atoms with Gasteiger partial charge in [-0.3, -0.25) is 14.4 Å². The molecule has 3 unspecified atom stereocenters. The Morgan fingerprint density at radius 2 is 1.32 bits per heavy atom. The first-order valence-electron chi connectivity index (χ1n) is 9.50. The van der Waals surface area contributed by atoms with Crippen LogP contribution in [0.15, 0.2) is 0 Å². The molecular formula is C17H34N6O5. The second-order valence-corrected chi connectivity index (χ2v) is 6.64. The summed E-state index contributed by atoms with van der Waals surface area (Å²) in [5.41, 5.74) is 21.7. The molecule has 0 aromatic heterocycles. The van der Waals surface area contributed by atoms with E-state index >= 15 is 0 Å². The van der Waals surface area contributed by atoms with E-state index in [-0.39, 0.29) is 19.3 Å². The molecule has 0 saturated carbocycles. The van der Waals surface area contributed by atoms with E-state index < -0.39 is 41.8 Å². The monoisotopic (exact) mass is 402 g/mol. The Morgan fingerprint density at radius 1 is 0.786 bits per heavy atom. The molecule has 0 bridgehead atoms. The van der Waals surface area contributed by atoms with E-state index in [0.717, 1.165) is 6.42 Å². The number of unbranched alkanes of at least 4 members (excludes halogenated alkanes) is 2. The van der Waals surface area contributed by atoms with Gasteiger partial charge >= 0.3 is 5.97 Å². The van der Waals surface area contributed by atoms with Gasteiger partial charge in [-0.1, -0.05) is 6.42 Å². The summed E-state index contributed by atoms with van der Waals surface area (Å²) in [6, 6.07) is -3.02. The predicted molar refractivity (Wildman–Crippen MR) is 104 cm³/mol. The van der Waals surface area contributed by atoms with Crippen LogP contribution in [0.3, 0.4) is 0 Å². The van der Waals surface area contributed by atoms with Crippen LogP contribution < -0.4 is 33.6 Å². The van der Waals surface area contributed by atoms with E-state index in [1.165, 1.54) is 0 Å². The van der Waals surface area contributed by atoms with Crippen molar-refractivity contribution in [2.45, 2.75) is 69.5 Å². The summed E-state index contributed by atoms with van der Waals surface area (Å²) in [7, 11) is 0. The smallest absolute Gasteiger partial charge is 0.326 e. The number of carboxylic acids is 1. The summed E-state index contributed by atoms with van der Waals surface area (Å²) in [6.45, 7) is 0.928. The molecule has 0 saturated heterocycles. The lowest BCUT2D eigenvalue weighted by atomic mass is 10.0. The summed E-state index contributed by atoms with van der Waals surface area (Å²) in [4.78, 5) is 47.0. The third-order valence-corrected chi connectivity index (χ3v) is 4.18. The minimum Gasteiger partial charge on any atom is -0.480 e. The van der Waals surface area contributed by atoms with Gasteiger partial charge < -0.3 is 38.7 Å². The van der Waals surface area contributed by atoms with Crippen LogP contribution in [0.2, 0.25) is 0 Å². The Labute approximate surface area is 164 Å². The molecule has 0 aliphatic heterocycles. The maximum Gasteiger partial charge on any atom is 0.326 e. The summed E-state index contributed by atoms with van der Waals surface area (Å²) in [5.74, 6) is -3.11. The van der Waals surface area contributed by atoms with Crippen molar-refractivity contribution in [3.05, 3.63) is 0 Å². The Balaban J connectivity index is 4.93. The van der Waals surface area contributed by atoms with Crippen molar-refractivity contribution in [3.8, 4) is 0 Å². The summed E-state index contributed by atoms with van der Waals surface area (Å²) < 4.78 is 0. The molecule has 3 atom stereocenters. The highest BCUT2D eigenvalue weighted by Gasteiger charge is 2.27. The molecule has 11 N–H and O–H groups in total. The molecule has 0 aliphatic carbocycles. The molecular weight excluding hydrogens is 368 g/mol. The second kappa shape index (κ2) is 14.8. The third kappa shape index (κ3) is 11.5.